The van der Waals surface area contributed by atoms with Crippen molar-refractivity contribution in [3.8, 4) is 0 Å². The van der Waals surface area contributed by atoms with Crippen LogP contribution in [0.3, 0.4) is 0 Å². The van der Waals surface area contributed by atoms with Crippen LogP contribution in [0.2, 0.25) is 0 Å². The highest BCUT2D eigenvalue weighted by Gasteiger charge is 2.18. The minimum atomic E-state index is -2.46. The fraction of sp³-hybridized carbons (Fsp3) is 0.538. The van der Waals surface area contributed by atoms with Gasteiger partial charge in [-0.25, -0.2) is 8.78 Å². The van der Waals surface area contributed by atoms with E-state index in [1.807, 2.05) is 0 Å². The van der Waals surface area contributed by atoms with Gasteiger partial charge < -0.3 is 10.6 Å². The zero-order chi connectivity index (χ0) is 12.3. The summed E-state index contributed by atoms with van der Waals surface area (Å²) >= 11 is 0. The lowest BCUT2D eigenvalue weighted by molar-refractivity contribution is 0.152. The van der Waals surface area contributed by atoms with Gasteiger partial charge in [0.1, 0.15) is 0 Å². The fourth-order valence-corrected chi connectivity index (χ4v) is 2.35. The van der Waals surface area contributed by atoms with Crippen LogP contribution in [0.25, 0.3) is 0 Å². The average molecular weight is 240 g/mol. The van der Waals surface area contributed by atoms with Crippen LogP contribution in [0.5, 0.6) is 0 Å². The van der Waals surface area contributed by atoms with Crippen molar-refractivity contribution in [1.29, 1.82) is 0 Å². The Bertz CT molecular complexity index is 372. The van der Waals surface area contributed by atoms with Crippen molar-refractivity contribution in [2.45, 2.75) is 32.1 Å². The van der Waals surface area contributed by atoms with Gasteiger partial charge in [0.2, 0.25) is 0 Å². The Balaban J connectivity index is 2.29. The summed E-state index contributed by atoms with van der Waals surface area (Å²) in [7, 11) is 0. The summed E-state index contributed by atoms with van der Waals surface area (Å²) in [5, 5.41) is 0. The molecule has 94 valence electrons. The van der Waals surface area contributed by atoms with Crippen molar-refractivity contribution in [3.63, 3.8) is 0 Å². The third kappa shape index (κ3) is 2.87. The molecular weight excluding hydrogens is 222 g/mol. The second kappa shape index (κ2) is 5.34. The molecule has 0 bridgehead atoms. The maximum atomic E-state index is 13.0. The lowest BCUT2D eigenvalue weighted by Crippen LogP contribution is -2.25. The molecule has 0 aromatic heterocycles. The van der Waals surface area contributed by atoms with Gasteiger partial charge in [-0.1, -0.05) is 12.8 Å². The van der Waals surface area contributed by atoms with Gasteiger partial charge in [-0.05, 0) is 31.0 Å². The predicted molar refractivity (Wildman–Crippen MR) is 66.5 cm³/mol. The fourth-order valence-electron chi connectivity index (χ4n) is 2.35. The van der Waals surface area contributed by atoms with Crippen LogP contribution in [0.1, 0.15) is 37.7 Å². The molecule has 1 fully saturated rings. The van der Waals surface area contributed by atoms with Gasteiger partial charge in [0.15, 0.2) is 0 Å². The highest BCUT2D eigenvalue weighted by molar-refractivity contribution is 5.60. The first kappa shape index (κ1) is 12.1. The number of halogens is 2. The molecule has 0 amide bonds. The van der Waals surface area contributed by atoms with E-state index in [0.717, 1.165) is 25.9 Å². The lowest BCUT2D eigenvalue weighted by Gasteiger charge is -2.25. The number of anilines is 2. The Hall–Kier alpha value is -1.32. The van der Waals surface area contributed by atoms with Gasteiger partial charge in [-0.2, -0.15) is 0 Å². The second-order valence-electron chi connectivity index (χ2n) is 4.52. The SMILES string of the molecule is Nc1ccc(N2CCCCCC2)c(C(F)F)c1. The van der Waals surface area contributed by atoms with Crippen molar-refractivity contribution in [2.75, 3.05) is 23.7 Å². The predicted octanol–water partition coefficient (Wildman–Crippen LogP) is 3.59. The van der Waals surface area contributed by atoms with Crippen LogP contribution in [0.4, 0.5) is 20.2 Å². The highest BCUT2D eigenvalue weighted by Crippen LogP contribution is 2.32. The summed E-state index contributed by atoms with van der Waals surface area (Å²) < 4.78 is 26.0. The Kier molecular flexibility index (Phi) is 3.82. The molecule has 0 radical (unpaired) electrons. The van der Waals surface area contributed by atoms with Gasteiger partial charge in [0.05, 0.1) is 0 Å². The molecule has 0 aliphatic carbocycles. The van der Waals surface area contributed by atoms with Gasteiger partial charge in [-0.3, -0.25) is 0 Å². The molecule has 1 aliphatic rings. The van der Waals surface area contributed by atoms with Crippen LogP contribution in [-0.2, 0) is 0 Å². The number of nitrogen functional groups attached to an aromatic ring is 1. The Labute approximate surface area is 100 Å². The summed E-state index contributed by atoms with van der Waals surface area (Å²) in [6.45, 7) is 1.73. The third-order valence-electron chi connectivity index (χ3n) is 3.23. The van der Waals surface area contributed by atoms with E-state index >= 15 is 0 Å². The number of benzene rings is 1. The Morgan fingerprint density at radius 2 is 1.71 bits per heavy atom. The molecule has 0 atom stereocenters. The van der Waals surface area contributed by atoms with E-state index in [1.54, 1.807) is 12.1 Å². The molecule has 2 nitrogen and oxygen atoms in total. The Morgan fingerprint density at radius 3 is 2.29 bits per heavy atom. The number of alkyl halides is 2. The van der Waals surface area contributed by atoms with E-state index in [9.17, 15) is 8.78 Å². The van der Waals surface area contributed by atoms with Crippen molar-refractivity contribution < 1.29 is 8.78 Å². The summed E-state index contributed by atoms with van der Waals surface area (Å²) in [6.07, 6.45) is 2.07. The molecule has 0 spiro atoms. The molecule has 1 saturated heterocycles. The molecule has 1 aromatic carbocycles. The van der Waals surface area contributed by atoms with Crippen molar-refractivity contribution in [2.24, 2.45) is 0 Å². The first-order valence-corrected chi connectivity index (χ1v) is 6.11. The minimum Gasteiger partial charge on any atom is -0.399 e. The number of hydrogen-bond donors (Lipinski definition) is 1. The first-order valence-electron chi connectivity index (χ1n) is 6.11. The van der Waals surface area contributed by atoms with E-state index in [0.29, 0.717) is 11.4 Å². The van der Waals surface area contributed by atoms with Crippen molar-refractivity contribution in [1.82, 2.24) is 0 Å². The molecule has 1 aliphatic heterocycles. The molecule has 2 N–H and O–H groups in total. The third-order valence-corrected chi connectivity index (χ3v) is 3.23. The molecule has 17 heavy (non-hydrogen) atoms. The molecule has 1 heterocycles. The topological polar surface area (TPSA) is 29.3 Å². The quantitative estimate of drug-likeness (QED) is 0.800. The van der Waals surface area contributed by atoms with E-state index in [1.165, 1.54) is 18.9 Å². The first-order chi connectivity index (χ1) is 8.18. The molecule has 2 rings (SSSR count). The van der Waals surface area contributed by atoms with Crippen molar-refractivity contribution in [3.05, 3.63) is 23.8 Å². The van der Waals surface area contributed by atoms with Crippen LogP contribution in [0.15, 0.2) is 18.2 Å². The van der Waals surface area contributed by atoms with Crippen molar-refractivity contribution >= 4 is 11.4 Å². The minimum absolute atomic E-state index is 0.0619. The average Bonchev–Trinajstić information content (AvgIpc) is 2.57. The normalized spacial score (nSPS) is 17.2. The van der Waals surface area contributed by atoms with Gasteiger partial charge in [0.25, 0.3) is 6.43 Å². The smallest absolute Gasteiger partial charge is 0.265 e. The largest absolute Gasteiger partial charge is 0.399 e. The maximum Gasteiger partial charge on any atom is 0.265 e. The summed E-state index contributed by atoms with van der Waals surface area (Å²) in [4.78, 5) is 2.06. The Morgan fingerprint density at radius 1 is 1.06 bits per heavy atom. The maximum absolute atomic E-state index is 13.0. The zero-order valence-electron chi connectivity index (χ0n) is 9.83. The van der Waals surface area contributed by atoms with Gasteiger partial charge in [-0.15, -0.1) is 0 Å². The second-order valence-corrected chi connectivity index (χ2v) is 4.52. The molecule has 1 aromatic rings. The number of hydrogen-bond acceptors (Lipinski definition) is 2. The van der Waals surface area contributed by atoms with E-state index in [2.05, 4.69) is 4.90 Å². The number of rotatable bonds is 2. The number of nitrogens with zero attached hydrogens (tertiary/aromatic N) is 1. The standard InChI is InChI=1S/C13H18F2N2/c14-13(15)11-9-10(16)5-6-12(11)17-7-3-1-2-4-8-17/h5-6,9,13H,1-4,7-8,16H2. The van der Waals surface area contributed by atoms with E-state index in [-0.39, 0.29) is 5.56 Å². The molecular formula is C13H18F2N2. The van der Waals surface area contributed by atoms with Crippen LogP contribution < -0.4 is 10.6 Å². The highest BCUT2D eigenvalue weighted by atomic mass is 19.3. The van der Waals surface area contributed by atoms with Gasteiger partial charge in [0, 0.05) is 30.0 Å². The zero-order valence-corrected chi connectivity index (χ0v) is 9.83. The van der Waals surface area contributed by atoms with Crippen LogP contribution >= 0.6 is 0 Å². The number of nitrogens with two attached hydrogens (primary N) is 1. The molecule has 0 unspecified atom stereocenters. The van der Waals surface area contributed by atoms with E-state index < -0.39 is 6.43 Å². The van der Waals surface area contributed by atoms with Crippen LogP contribution in [0, 0.1) is 0 Å². The van der Waals surface area contributed by atoms with Crippen LogP contribution in [-0.4, -0.2) is 13.1 Å². The lowest BCUT2D eigenvalue weighted by atomic mass is 10.1. The summed E-state index contributed by atoms with van der Waals surface area (Å²) in [5.41, 5.74) is 6.69. The summed E-state index contributed by atoms with van der Waals surface area (Å²) in [5.74, 6) is 0. The molecule has 4 heteroatoms. The monoisotopic (exact) mass is 240 g/mol. The summed E-state index contributed by atoms with van der Waals surface area (Å²) in [6, 6.07) is 4.82. The molecule has 0 saturated carbocycles. The van der Waals surface area contributed by atoms with Gasteiger partial charge >= 0.3 is 0 Å². The van der Waals surface area contributed by atoms with E-state index in [4.69, 9.17) is 5.73 Å².